The summed E-state index contributed by atoms with van der Waals surface area (Å²) in [6.07, 6.45) is 2.59. The van der Waals surface area contributed by atoms with Crippen molar-refractivity contribution >= 4 is 27.5 Å². The zero-order chi connectivity index (χ0) is 25.6. The summed E-state index contributed by atoms with van der Waals surface area (Å²) in [5.41, 5.74) is 0.996. The monoisotopic (exact) mass is 510 g/mol. The van der Waals surface area contributed by atoms with E-state index in [0.29, 0.717) is 35.5 Å². The lowest BCUT2D eigenvalue weighted by Gasteiger charge is -2.38. The zero-order valence-corrected chi connectivity index (χ0v) is 21.2. The molecule has 190 valence electrons. The van der Waals surface area contributed by atoms with Crippen LogP contribution in [0, 0.1) is 23.2 Å². The molecular formula is C26H30N4O5S. The summed E-state index contributed by atoms with van der Waals surface area (Å²) in [5.74, 6) is 1.27. The number of rotatable bonds is 6. The number of amides is 1. The maximum absolute atomic E-state index is 13.8. The van der Waals surface area contributed by atoms with E-state index in [-0.39, 0.29) is 23.0 Å². The third kappa shape index (κ3) is 4.38. The van der Waals surface area contributed by atoms with E-state index in [4.69, 9.17) is 4.74 Å². The van der Waals surface area contributed by atoms with Gasteiger partial charge in [0.15, 0.2) is 0 Å². The minimum absolute atomic E-state index is 0.00611. The van der Waals surface area contributed by atoms with Gasteiger partial charge in [0.05, 0.1) is 28.8 Å². The molecular weight excluding hydrogens is 480 g/mol. The topological polar surface area (TPSA) is 114 Å². The summed E-state index contributed by atoms with van der Waals surface area (Å²) in [7, 11) is -0.277. The van der Waals surface area contributed by atoms with Gasteiger partial charge in [-0.1, -0.05) is 12.5 Å². The van der Waals surface area contributed by atoms with Crippen molar-refractivity contribution in [3.05, 3.63) is 48.0 Å². The Balaban J connectivity index is 1.58. The summed E-state index contributed by atoms with van der Waals surface area (Å²) >= 11 is 0. The normalized spacial score (nSPS) is 24.8. The highest BCUT2D eigenvalue weighted by Gasteiger charge is 2.45. The Morgan fingerprint density at radius 3 is 2.64 bits per heavy atom. The number of carboxylic acid groups (broad SMARTS) is 1. The zero-order valence-electron chi connectivity index (χ0n) is 20.4. The Labute approximate surface area is 211 Å². The van der Waals surface area contributed by atoms with Gasteiger partial charge in [-0.25, -0.2) is 13.2 Å². The predicted molar refractivity (Wildman–Crippen MR) is 135 cm³/mol. The van der Waals surface area contributed by atoms with Crippen molar-refractivity contribution in [3.8, 4) is 11.8 Å². The number of benzene rings is 2. The summed E-state index contributed by atoms with van der Waals surface area (Å²) in [5, 5.41) is 19.4. The van der Waals surface area contributed by atoms with Gasteiger partial charge in [0, 0.05) is 18.3 Å². The molecule has 10 heteroatoms. The second-order valence-electron chi connectivity index (χ2n) is 10.2. The Morgan fingerprint density at radius 1 is 1.19 bits per heavy atom. The van der Waals surface area contributed by atoms with E-state index in [1.54, 1.807) is 30.3 Å². The molecule has 2 aromatic rings. The van der Waals surface area contributed by atoms with Gasteiger partial charge < -0.3 is 14.7 Å². The average molecular weight is 511 g/mol. The van der Waals surface area contributed by atoms with Gasteiger partial charge in [-0.05, 0) is 81.6 Å². The quantitative estimate of drug-likeness (QED) is 0.629. The largest absolute Gasteiger partial charge is 0.485 e. The first-order chi connectivity index (χ1) is 17.2. The molecule has 36 heavy (non-hydrogen) atoms. The lowest BCUT2D eigenvalue weighted by Crippen LogP contribution is -2.47. The molecule has 0 spiro atoms. The first-order valence-electron chi connectivity index (χ1n) is 12.2. The predicted octanol–water partition coefficient (Wildman–Crippen LogP) is 3.75. The third-order valence-corrected chi connectivity index (χ3v) is 9.29. The minimum atomic E-state index is -4.05. The van der Waals surface area contributed by atoms with Crippen molar-refractivity contribution in [2.75, 3.05) is 36.4 Å². The number of ether oxygens (including phenoxy) is 1. The fraction of sp³-hybridized carbons (Fsp3) is 0.462. The van der Waals surface area contributed by atoms with E-state index in [0.717, 1.165) is 25.7 Å². The van der Waals surface area contributed by atoms with Crippen LogP contribution in [0.3, 0.4) is 0 Å². The molecule has 1 heterocycles. The Hall–Kier alpha value is -3.29. The lowest BCUT2D eigenvalue weighted by molar-refractivity contribution is 0.159. The molecule has 4 atom stereocenters. The molecule has 1 N–H and O–H groups in total. The van der Waals surface area contributed by atoms with Crippen LogP contribution >= 0.6 is 0 Å². The number of hydrogen-bond acceptors (Lipinski definition) is 6. The van der Waals surface area contributed by atoms with Crippen LogP contribution in [0.1, 0.15) is 31.2 Å². The maximum Gasteiger partial charge on any atom is 0.412 e. The molecule has 0 aromatic heterocycles. The van der Waals surface area contributed by atoms with Gasteiger partial charge in [-0.3, -0.25) is 9.21 Å². The van der Waals surface area contributed by atoms with Crippen LogP contribution in [0.5, 0.6) is 5.75 Å². The first-order valence-corrected chi connectivity index (χ1v) is 13.6. The van der Waals surface area contributed by atoms with Crippen molar-refractivity contribution in [2.24, 2.45) is 11.8 Å². The number of sulfonamides is 1. The van der Waals surface area contributed by atoms with Crippen LogP contribution in [0.2, 0.25) is 0 Å². The minimum Gasteiger partial charge on any atom is -0.485 e. The lowest BCUT2D eigenvalue weighted by atomic mass is 9.93. The number of nitrogens with zero attached hydrogens (tertiary/aromatic N) is 4. The van der Waals surface area contributed by atoms with Crippen LogP contribution in [-0.4, -0.2) is 63.8 Å². The number of carbonyl (C=O) groups is 1. The fourth-order valence-electron chi connectivity index (χ4n) is 6.00. The number of anilines is 2. The first kappa shape index (κ1) is 24.4. The van der Waals surface area contributed by atoms with E-state index in [1.165, 1.54) is 21.3 Å². The number of likely N-dealkylation sites (N-methyl/N-ethyl adjacent to an activating group) is 1. The van der Waals surface area contributed by atoms with Gasteiger partial charge >= 0.3 is 6.09 Å². The standard InChI is InChI=1S/C26H30N4O5S/c1-28(2)15-21-16-29(36(33,34)22-5-3-4-18(11-22)14-27)24-13-20(8-9-25(24)35-21)30(26(31)32)23-12-17-6-7-19(23)10-17/h3-5,8-9,11,13,17,19,21,23H,6-7,10,12,15-16H2,1-2H3,(H,31,32)/t17-,19+,21+,23?/m1/s1. The number of hydrogen-bond donors (Lipinski definition) is 1. The summed E-state index contributed by atoms with van der Waals surface area (Å²) in [6.45, 7) is 0.562. The van der Waals surface area contributed by atoms with Crippen LogP contribution < -0.4 is 13.9 Å². The highest BCUT2D eigenvalue weighted by atomic mass is 32.2. The summed E-state index contributed by atoms with van der Waals surface area (Å²) in [6, 6.07) is 12.8. The van der Waals surface area contributed by atoms with Crippen molar-refractivity contribution < 1.29 is 23.1 Å². The van der Waals surface area contributed by atoms with E-state index >= 15 is 0 Å². The summed E-state index contributed by atoms with van der Waals surface area (Å²) < 4.78 is 35.1. The molecule has 3 aliphatic rings. The molecule has 2 aliphatic carbocycles. The van der Waals surface area contributed by atoms with Crippen molar-refractivity contribution in [2.45, 2.75) is 42.7 Å². The highest BCUT2D eigenvalue weighted by Crippen LogP contribution is 2.48. The maximum atomic E-state index is 13.8. The molecule has 1 amide bonds. The van der Waals surface area contributed by atoms with Crippen LogP contribution in [0.15, 0.2) is 47.4 Å². The molecule has 9 nitrogen and oxygen atoms in total. The molecule has 0 saturated heterocycles. The molecule has 2 fully saturated rings. The van der Waals surface area contributed by atoms with Gasteiger partial charge in [0.2, 0.25) is 0 Å². The van der Waals surface area contributed by atoms with E-state index in [1.807, 2.05) is 25.1 Å². The molecule has 0 radical (unpaired) electrons. The van der Waals surface area contributed by atoms with Crippen LogP contribution in [-0.2, 0) is 10.0 Å². The second kappa shape index (κ2) is 9.30. The van der Waals surface area contributed by atoms with E-state index in [9.17, 15) is 23.6 Å². The molecule has 1 unspecified atom stereocenters. The summed E-state index contributed by atoms with van der Waals surface area (Å²) in [4.78, 5) is 15.7. The molecule has 5 rings (SSSR count). The molecule has 2 aromatic carbocycles. The highest BCUT2D eigenvalue weighted by molar-refractivity contribution is 7.92. The average Bonchev–Trinajstić information content (AvgIpc) is 3.47. The van der Waals surface area contributed by atoms with Gasteiger partial charge in [0.25, 0.3) is 10.0 Å². The second-order valence-corrected chi connectivity index (χ2v) is 12.1. The van der Waals surface area contributed by atoms with Gasteiger partial charge in [-0.15, -0.1) is 0 Å². The Bertz CT molecular complexity index is 1320. The van der Waals surface area contributed by atoms with Crippen LogP contribution in [0.4, 0.5) is 16.2 Å². The van der Waals surface area contributed by atoms with E-state index in [2.05, 4.69) is 0 Å². The molecule has 2 bridgehead atoms. The Morgan fingerprint density at radius 2 is 2.00 bits per heavy atom. The Kier molecular flexibility index (Phi) is 6.30. The van der Waals surface area contributed by atoms with Crippen LogP contribution in [0.25, 0.3) is 0 Å². The fourth-order valence-corrected chi connectivity index (χ4v) is 7.55. The third-order valence-electron chi connectivity index (χ3n) is 7.51. The number of nitriles is 1. The number of fused-ring (bicyclic) bond motifs is 3. The van der Waals surface area contributed by atoms with Crippen molar-refractivity contribution in [1.82, 2.24) is 4.90 Å². The van der Waals surface area contributed by atoms with Gasteiger partial charge in [0.1, 0.15) is 11.9 Å². The van der Waals surface area contributed by atoms with Crippen molar-refractivity contribution in [3.63, 3.8) is 0 Å². The molecule has 1 aliphatic heterocycles. The van der Waals surface area contributed by atoms with Gasteiger partial charge in [-0.2, -0.15) is 5.26 Å². The SMILES string of the molecule is CN(C)C[C@H]1CN(S(=O)(=O)c2cccc(C#N)c2)c2cc(N(C(=O)O)C3C[C@@H]4CC[C@H]3C4)ccc2O1. The smallest absolute Gasteiger partial charge is 0.412 e. The molecule has 2 saturated carbocycles. The van der Waals surface area contributed by atoms with E-state index < -0.39 is 22.2 Å². The van der Waals surface area contributed by atoms with Crippen molar-refractivity contribution in [1.29, 1.82) is 5.26 Å².